The molecule has 0 bridgehead atoms. The molecule has 5 nitrogen and oxygen atoms in total. The lowest BCUT2D eigenvalue weighted by Crippen LogP contribution is -2.41. The smallest absolute Gasteiger partial charge is 0.229 e. The zero-order valence-electron chi connectivity index (χ0n) is 14.6. The Morgan fingerprint density at radius 2 is 2.04 bits per heavy atom. The van der Waals surface area contributed by atoms with Crippen LogP contribution in [-0.2, 0) is 4.79 Å². The molecule has 27 heavy (non-hydrogen) atoms. The van der Waals surface area contributed by atoms with Crippen molar-refractivity contribution < 1.29 is 9.18 Å². The summed E-state index contributed by atoms with van der Waals surface area (Å²) in [5.74, 6) is -0.0302. The highest BCUT2D eigenvalue weighted by molar-refractivity contribution is 7.13. The SMILES string of the molecule is O=C(Nc1ccccc1F)[C@H]1CCCN(c2ccc(-c3cccs3)nn2)C1. The van der Waals surface area contributed by atoms with Gasteiger partial charge in [0, 0.05) is 13.1 Å². The first-order chi connectivity index (χ1) is 13.2. The lowest BCUT2D eigenvalue weighted by Gasteiger charge is -2.32. The van der Waals surface area contributed by atoms with Crippen LogP contribution < -0.4 is 10.2 Å². The number of rotatable bonds is 4. The monoisotopic (exact) mass is 382 g/mol. The molecule has 1 aliphatic rings. The van der Waals surface area contributed by atoms with Gasteiger partial charge in [0.05, 0.1) is 16.5 Å². The fraction of sp³-hybridized carbons (Fsp3) is 0.250. The minimum absolute atomic E-state index is 0.159. The summed E-state index contributed by atoms with van der Waals surface area (Å²) in [4.78, 5) is 15.7. The molecule has 0 saturated carbocycles. The molecule has 3 aromatic rings. The van der Waals surface area contributed by atoms with Gasteiger partial charge in [0.2, 0.25) is 5.91 Å². The number of nitrogens with one attached hydrogen (secondary N) is 1. The number of anilines is 2. The average molecular weight is 382 g/mol. The first kappa shape index (κ1) is 17.6. The van der Waals surface area contributed by atoms with Crippen molar-refractivity contribution in [2.24, 2.45) is 5.92 Å². The van der Waals surface area contributed by atoms with Gasteiger partial charge in [-0.25, -0.2) is 4.39 Å². The summed E-state index contributed by atoms with van der Waals surface area (Å²) < 4.78 is 13.8. The van der Waals surface area contributed by atoms with Crippen LogP contribution in [0, 0.1) is 11.7 Å². The van der Waals surface area contributed by atoms with Crippen molar-refractivity contribution in [1.29, 1.82) is 0 Å². The molecular formula is C20H19FN4OS. The number of carbonyl (C=O) groups excluding carboxylic acids is 1. The van der Waals surface area contributed by atoms with E-state index in [0.29, 0.717) is 6.54 Å². The number of nitrogens with zero attached hydrogens (tertiary/aromatic N) is 3. The van der Waals surface area contributed by atoms with Crippen LogP contribution >= 0.6 is 11.3 Å². The van der Waals surface area contributed by atoms with Gasteiger partial charge in [-0.3, -0.25) is 4.79 Å². The quantitative estimate of drug-likeness (QED) is 0.735. The molecule has 1 atom stereocenters. The highest BCUT2D eigenvalue weighted by Gasteiger charge is 2.27. The summed E-state index contributed by atoms with van der Waals surface area (Å²) in [5, 5.41) is 13.4. The summed E-state index contributed by atoms with van der Waals surface area (Å²) in [5.41, 5.74) is 1.07. The Morgan fingerprint density at radius 1 is 1.15 bits per heavy atom. The van der Waals surface area contributed by atoms with Crippen molar-refractivity contribution in [2.45, 2.75) is 12.8 Å². The Hall–Kier alpha value is -2.80. The Bertz CT molecular complexity index is 914. The minimum atomic E-state index is -0.423. The number of benzene rings is 1. The maximum absolute atomic E-state index is 13.8. The summed E-state index contributed by atoms with van der Waals surface area (Å²) in [7, 11) is 0. The second kappa shape index (κ2) is 7.84. The van der Waals surface area contributed by atoms with Gasteiger partial charge in [-0.2, -0.15) is 0 Å². The van der Waals surface area contributed by atoms with Crippen molar-refractivity contribution >= 4 is 28.7 Å². The molecule has 1 fully saturated rings. The lowest BCUT2D eigenvalue weighted by molar-refractivity contribution is -0.120. The van der Waals surface area contributed by atoms with E-state index in [0.717, 1.165) is 35.8 Å². The highest BCUT2D eigenvalue weighted by Crippen LogP contribution is 2.26. The second-order valence-corrected chi connectivity index (χ2v) is 7.46. The van der Waals surface area contributed by atoms with E-state index < -0.39 is 5.82 Å². The van der Waals surface area contributed by atoms with Crippen LogP contribution in [0.25, 0.3) is 10.6 Å². The van der Waals surface area contributed by atoms with Crippen LogP contribution in [0.3, 0.4) is 0 Å². The lowest BCUT2D eigenvalue weighted by atomic mass is 9.97. The molecule has 1 aromatic carbocycles. The first-order valence-electron chi connectivity index (χ1n) is 8.88. The summed E-state index contributed by atoms with van der Waals surface area (Å²) >= 11 is 1.62. The van der Waals surface area contributed by atoms with Gasteiger partial charge >= 0.3 is 0 Å². The van der Waals surface area contributed by atoms with Crippen LogP contribution in [0.2, 0.25) is 0 Å². The molecule has 138 valence electrons. The number of aromatic nitrogens is 2. The van der Waals surface area contributed by atoms with E-state index in [4.69, 9.17) is 0 Å². The predicted octanol–water partition coefficient (Wildman–Crippen LogP) is 4.20. The van der Waals surface area contributed by atoms with Gasteiger partial charge in [-0.15, -0.1) is 21.5 Å². The van der Waals surface area contributed by atoms with Gasteiger partial charge in [-0.1, -0.05) is 18.2 Å². The minimum Gasteiger partial charge on any atom is -0.354 e. The van der Waals surface area contributed by atoms with E-state index in [-0.39, 0.29) is 17.5 Å². The van der Waals surface area contributed by atoms with Crippen LogP contribution in [0.15, 0.2) is 53.9 Å². The molecule has 2 aromatic heterocycles. The average Bonchev–Trinajstić information content (AvgIpc) is 3.25. The van der Waals surface area contributed by atoms with Gasteiger partial charge in [-0.05, 0) is 48.6 Å². The van der Waals surface area contributed by atoms with Crippen molar-refractivity contribution in [2.75, 3.05) is 23.3 Å². The summed E-state index contributed by atoms with van der Waals surface area (Å²) in [6.45, 7) is 1.38. The largest absolute Gasteiger partial charge is 0.354 e. The van der Waals surface area contributed by atoms with Crippen molar-refractivity contribution in [1.82, 2.24) is 10.2 Å². The zero-order valence-corrected chi connectivity index (χ0v) is 15.5. The van der Waals surface area contributed by atoms with E-state index >= 15 is 0 Å². The van der Waals surface area contributed by atoms with Crippen molar-refractivity contribution in [3.8, 4) is 10.6 Å². The maximum atomic E-state index is 13.8. The third-order valence-corrected chi connectivity index (χ3v) is 5.56. The molecule has 1 saturated heterocycles. The van der Waals surface area contributed by atoms with Crippen molar-refractivity contribution in [3.63, 3.8) is 0 Å². The normalized spacial score (nSPS) is 16.9. The number of carbonyl (C=O) groups is 1. The summed E-state index contributed by atoms with van der Waals surface area (Å²) in [6.07, 6.45) is 1.65. The fourth-order valence-corrected chi connectivity index (χ4v) is 3.94. The molecule has 4 rings (SSSR count). The summed E-state index contributed by atoms with van der Waals surface area (Å²) in [6, 6.07) is 14.1. The highest BCUT2D eigenvalue weighted by atomic mass is 32.1. The second-order valence-electron chi connectivity index (χ2n) is 6.51. The Labute approximate surface area is 160 Å². The number of thiophene rings is 1. The topological polar surface area (TPSA) is 58.1 Å². The number of amides is 1. The van der Waals surface area contributed by atoms with Crippen LogP contribution in [0.1, 0.15) is 12.8 Å². The number of para-hydroxylation sites is 1. The predicted molar refractivity (Wildman–Crippen MR) is 105 cm³/mol. The molecule has 0 radical (unpaired) electrons. The zero-order chi connectivity index (χ0) is 18.6. The van der Waals surface area contributed by atoms with Crippen LogP contribution in [0.5, 0.6) is 0 Å². The van der Waals surface area contributed by atoms with Gasteiger partial charge in [0.1, 0.15) is 11.5 Å². The fourth-order valence-electron chi connectivity index (χ4n) is 3.25. The van der Waals surface area contributed by atoms with Crippen LogP contribution in [-0.4, -0.2) is 29.2 Å². The standard InChI is InChI=1S/C20H19FN4OS/c21-15-6-1-2-7-16(15)22-20(26)14-5-3-11-25(13-14)19-10-9-17(23-24-19)18-8-4-12-27-18/h1-2,4,6-10,12,14H,3,5,11,13H2,(H,22,26)/t14-/m0/s1. The molecule has 0 unspecified atom stereocenters. The third-order valence-electron chi connectivity index (χ3n) is 4.67. The van der Waals surface area contributed by atoms with E-state index in [1.54, 1.807) is 29.5 Å². The van der Waals surface area contributed by atoms with E-state index in [2.05, 4.69) is 20.4 Å². The molecule has 0 spiro atoms. The number of hydrogen-bond donors (Lipinski definition) is 1. The molecule has 1 N–H and O–H groups in total. The third kappa shape index (κ3) is 3.98. The van der Waals surface area contributed by atoms with Gasteiger partial charge in [0.25, 0.3) is 0 Å². The van der Waals surface area contributed by atoms with E-state index in [1.165, 1.54) is 6.07 Å². The Kier molecular flexibility index (Phi) is 5.11. The number of halogens is 1. The van der Waals surface area contributed by atoms with Crippen LogP contribution in [0.4, 0.5) is 15.9 Å². The Balaban J connectivity index is 1.43. The molecule has 7 heteroatoms. The van der Waals surface area contributed by atoms with Gasteiger partial charge < -0.3 is 10.2 Å². The molecule has 1 aliphatic heterocycles. The van der Waals surface area contributed by atoms with Crippen molar-refractivity contribution in [3.05, 3.63) is 59.7 Å². The molecule has 0 aliphatic carbocycles. The molecular weight excluding hydrogens is 363 g/mol. The maximum Gasteiger partial charge on any atom is 0.229 e. The number of piperidine rings is 1. The number of hydrogen-bond acceptors (Lipinski definition) is 5. The molecule has 1 amide bonds. The van der Waals surface area contributed by atoms with Gasteiger partial charge in [0.15, 0.2) is 5.82 Å². The first-order valence-corrected chi connectivity index (χ1v) is 9.76. The van der Waals surface area contributed by atoms with E-state index in [1.807, 2.05) is 29.6 Å². The molecule has 3 heterocycles. The van der Waals surface area contributed by atoms with E-state index in [9.17, 15) is 9.18 Å². The Morgan fingerprint density at radius 3 is 2.78 bits per heavy atom.